The van der Waals surface area contributed by atoms with E-state index in [-0.39, 0.29) is 5.91 Å². The summed E-state index contributed by atoms with van der Waals surface area (Å²) in [6, 6.07) is 5.39. The Morgan fingerprint density at radius 1 is 1.60 bits per heavy atom. The maximum absolute atomic E-state index is 11.8. The lowest BCUT2D eigenvalue weighted by Gasteiger charge is -2.07. The maximum Gasteiger partial charge on any atom is 0.253 e. The summed E-state index contributed by atoms with van der Waals surface area (Å²) in [7, 11) is 0. The Kier molecular flexibility index (Phi) is 2.57. The Morgan fingerprint density at radius 2 is 2.27 bits per heavy atom. The van der Waals surface area contributed by atoms with Gasteiger partial charge in [-0.05, 0) is 24.5 Å². The molecule has 0 aromatic heterocycles. The highest BCUT2D eigenvalue weighted by atomic mass is 35.5. The molecule has 0 bridgehead atoms. The molecule has 3 nitrogen and oxygen atoms in total. The number of rotatable bonds is 2. The average Bonchev–Trinajstić information content (AvgIpc) is 2.86. The third kappa shape index (κ3) is 2.07. The van der Waals surface area contributed by atoms with Gasteiger partial charge in [-0.15, -0.1) is 0 Å². The number of anilines is 1. The van der Waals surface area contributed by atoms with Crippen LogP contribution >= 0.6 is 11.6 Å². The van der Waals surface area contributed by atoms with Gasteiger partial charge in [0.1, 0.15) is 0 Å². The highest BCUT2D eigenvalue weighted by Crippen LogP contribution is 2.30. The lowest BCUT2D eigenvalue weighted by atomic mass is 10.2. The van der Waals surface area contributed by atoms with Crippen molar-refractivity contribution < 1.29 is 4.79 Å². The highest BCUT2D eigenvalue weighted by molar-refractivity contribution is 6.36. The first-order valence-electron chi connectivity index (χ1n) is 4.94. The molecule has 1 aliphatic carbocycles. The van der Waals surface area contributed by atoms with Crippen molar-refractivity contribution in [2.75, 3.05) is 5.73 Å². The van der Waals surface area contributed by atoms with Gasteiger partial charge in [0.05, 0.1) is 16.3 Å². The van der Waals surface area contributed by atoms with Crippen LogP contribution in [0.1, 0.15) is 23.7 Å². The van der Waals surface area contributed by atoms with E-state index in [9.17, 15) is 4.79 Å². The summed E-state index contributed by atoms with van der Waals surface area (Å²) >= 11 is 5.94. The van der Waals surface area contributed by atoms with E-state index in [0.717, 1.165) is 6.42 Å². The van der Waals surface area contributed by atoms with Gasteiger partial charge in [-0.2, -0.15) is 0 Å². The van der Waals surface area contributed by atoms with E-state index in [2.05, 4.69) is 12.2 Å². The Hall–Kier alpha value is -1.22. The predicted octanol–water partition coefficient (Wildman–Crippen LogP) is 2.06. The number of amides is 1. The van der Waals surface area contributed by atoms with Gasteiger partial charge in [-0.25, -0.2) is 0 Å². The Bertz CT molecular complexity index is 406. The van der Waals surface area contributed by atoms with E-state index in [1.807, 2.05) is 0 Å². The smallest absolute Gasteiger partial charge is 0.253 e. The van der Waals surface area contributed by atoms with Gasteiger partial charge in [-0.3, -0.25) is 4.79 Å². The van der Waals surface area contributed by atoms with Gasteiger partial charge in [0, 0.05) is 6.04 Å². The minimum Gasteiger partial charge on any atom is -0.398 e. The topological polar surface area (TPSA) is 55.1 Å². The molecule has 1 aliphatic rings. The fraction of sp³-hybridized carbons (Fsp3) is 0.364. The summed E-state index contributed by atoms with van der Waals surface area (Å²) in [5.41, 5.74) is 6.51. The Morgan fingerprint density at radius 3 is 2.87 bits per heavy atom. The zero-order valence-corrected chi connectivity index (χ0v) is 9.21. The second-order valence-corrected chi connectivity index (χ2v) is 4.38. The van der Waals surface area contributed by atoms with Gasteiger partial charge in [0.25, 0.3) is 5.91 Å². The summed E-state index contributed by atoms with van der Waals surface area (Å²) in [4.78, 5) is 11.8. The van der Waals surface area contributed by atoms with Crippen molar-refractivity contribution in [2.24, 2.45) is 5.92 Å². The molecule has 1 aromatic rings. The molecule has 1 fully saturated rings. The van der Waals surface area contributed by atoms with Crippen LogP contribution in [0.25, 0.3) is 0 Å². The normalized spacial score (nSPS) is 23.6. The number of halogens is 1. The molecule has 1 saturated carbocycles. The molecule has 2 unspecified atom stereocenters. The van der Waals surface area contributed by atoms with Crippen molar-refractivity contribution in [1.29, 1.82) is 0 Å². The molecule has 2 rings (SSSR count). The first-order chi connectivity index (χ1) is 7.09. The standard InChI is InChI=1S/C11H13ClN2O/c1-6-5-9(6)14-11(15)7-3-2-4-8(13)10(7)12/h2-4,6,9H,5,13H2,1H3,(H,14,15). The molecule has 2 atom stereocenters. The van der Waals surface area contributed by atoms with E-state index in [1.54, 1.807) is 18.2 Å². The zero-order chi connectivity index (χ0) is 11.0. The molecule has 0 heterocycles. The van der Waals surface area contributed by atoms with E-state index in [1.165, 1.54) is 0 Å². The maximum atomic E-state index is 11.8. The first-order valence-corrected chi connectivity index (χ1v) is 5.32. The number of benzene rings is 1. The molecule has 0 radical (unpaired) electrons. The minimum absolute atomic E-state index is 0.137. The number of hydrogen-bond donors (Lipinski definition) is 2. The van der Waals surface area contributed by atoms with Gasteiger partial charge in [-0.1, -0.05) is 24.6 Å². The summed E-state index contributed by atoms with van der Waals surface area (Å²) in [5, 5.41) is 3.25. The van der Waals surface area contributed by atoms with E-state index in [0.29, 0.717) is 28.2 Å². The van der Waals surface area contributed by atoms with Gasteiger partial charge in [0.15, 0.2) is 0 Å². The molecule has 1 amide bonds. The van der Waals surface area contributed by atoms with Crippen molar-refractivity contribution >= 4 is 23.2 Å². The van der Waals surface area contributed by atoms with E-state index >= 15 is 0 Å². The summed E-state index contributed by atoms with van der Waals surface area (Å²) in [6.07, 6.45) is 1.05. The fourth-order valence-corrected chi connectivity index (χ4v) is 1.71. The molecular weight excluding hydrogens is 212 g/mol. The largest absolute Gasteiger partial charge is 0.398 e. The van der Waals surface area contributed by atoms with Crippen molar-refractivity contribution in [3.05, 3.63) is 28.8 Å². The Balaban J connectivity index is 2.14. The highest BCUT2D eigenvalue weighted by Gasteiger charge is 2.34. The minimum atomic E-state index is -0.137. The second kappa shape index (κ2) is 3.74. The monoisotopic (exact) mass is 224 g/mol. The summed E-state index contributed by atoms with van der Waals surface area (Å²) in [6.45, 7) is 2.10. The van der Waals surface area contributed by atoms with Crippen LogP contribution in [0, 0.1) is 5.92 Å². The molecule has 15 heavy (non-hydrogen) atoms. The summed E-state index contributed by atoms with van der Waals surface area (Å²) < 4.78 is 0. The van der Waals surface area contributed by atoms with Crippen LogP contribution in [-0.2, 0) is 0 Å². The van der Waals surface area contributed by atoms with Crippen LogP contribution in [0.5, 0.6) is 0 Å². The third-order valence-corrected chi connectivity index (χ3v) is 3.12. The zero-order valence-electron chi connectivity index (χ0n) is 8.46. The number of hydrogen-bond acceptors (Lipinski definition) is 2. The van der Waals surface area contributed by atoms with Crippen molar-refractivity contribution in [1.82, 2.24) is 5.32 Å². The van der Waals surface area contributed by atoms with Crippen molar-refractivity contribution in [3.8, 4) is 0 Å². The molecule has 0 aliphatic heterocycles. The van der Waals surface area contributed by atoms with Crippen LogP contribution in [0.2, 0.25) is 5.02 Å². The Labute approximate surface area is 93.6 Å². The lowest BCUT2D eigenvalue weighted by Crippen LogP contribution is -2.26. The van der Waals surface area contributed by atoms with Crippen LogP contribution in [0.15, 0.2) is 18.2 Å². The SMILES string of the molecule is CC1CC1NC(=O)c1cccc(N)c1Cl. The van der Waals surface area contributed by atoms with Crippen LogP contribution in [-0.4, -0.2) is 11.9 Å². The molecule has 3 N–H and O–H groups in total. The second-order valence-electron chi connectivity index (χ2n) is 4.00. The van der Waals surface area contributed by atoms with Crippen LogP contribution < -0.4 is 11.1 Å². The van der Waals surface area contributed by atoms with E-state index in [4.69, 9.17) is 17.3 Å². The van der Waals surface area contributed by atoms with Crippen LogP contribution in [0.3, 0.4) is 0 Å². The lowest BCUT2D eigenvalue weighted by molar-refractivity contribution is 0.0949. The molecule has 80 valence electrons. The average molecular weight is 225 g/mol. The fourth-order valence-electron chi connectivity index (χ4n) is 1.49. The number of carbonyl (C=O) groups is 1. The summed E-state index contributed by atoms with van der Waals surface area (Å²) in [5.74, 6) is 0.440. The molecule has 0 saturated heterocycles. The number of nitrogens with one attached hydrogen (secondary N) is 1. The van der Waals surface area contributed by atoms with Gasteiger partial charge >= 0.3 is 0 Å². The molecule has 1 aromatic carbocycles. The predicted molar refractivity (Wildman–Crippen MR) is 60.9 cm³/mol. The van der Waals surface area contributed by atoms with Gasteiger partial charge in [0.2, 0.25) is 0 Å². The number of nitrogens with two attached hydrogens (primary N) is 1. The van der Waals surface area contributed by atoms with Gasteiger partial charge < -0.3 is 11.1 Å². The molecular formula is C11H13ClN2O. The molecule has 0 spiro atoms. The number of nitrogen functional groups attached to an aromatic ring is 1. The van der Waals surface area contributed by atoms with E-state index < -0.39 is 0 Å². The quantitative estimate of drug-likeness (QED) is 0.756. The van der Waals surface area contributed by atoms with Crippen LogP contribution in [0.4, 0.5) is 5.69 Å². The first kappa shape index (κ1) is 10.3. The molecule has 4 heteroatoms. The van der Waals surface area contributed by atoms with Crippen molar-refractivity contribution in [3.63, 3.8) is 0 Å². The third-order valence-electron chi connectivity index (χ3n) is 2.70. The number of carbonyl (C=O) groups excluding carboxylic acids is 1. The van der Waals surface area contributed by atoms with Crippen molar-refractivity contribution in [2.45, 2.75) is 19.4 Å².